The predicted octanol–water partition coefficient (Wildman–Crippen LogP) is 5.92. The van der Waals surface area contributed by atoms with E-state index in [0.717, 1.165) is 27.6 Å². The highest BCUT2D eigenvalue weighted by molar-refractivity contribution is 5.92. The first kappa shape index (κ1) is 17.1. The minimum Gasteiger partial charge on any atom is -0.305 e. The number of aromatic nitrogens is 2. The van der Waals surface area contributed by atoms with Crippen molar-refractivity contribution in [2.45, 2.75) is 0 Å². The fourth-order valence-corrected chi connectivity index (χ4v) is 3.65. The Hall–Kier alpha value is -3.98. The topological polar surface area (TPSA) is 45.8 Å². The van der Waals surface area contributed by atoms with Gasteiger partial charge in [-0.05, 0) is 34.4 Å². The Morgan fingerprint density at radius 3 is 1.90 bits per heavy atom. The van der Waals surface area contributed by atoms with Crippen LogP contribution >= 0.6 is 0 Å². The van der Waals surface area contributed by atoms with Gasteiger partial charge in [0, 0.05) is 10.9 Å². The second-order valence-electron chi connectivity index (χ2n) is 6.96. The molecule has 0 radical (unpaired) electrons. The Kier molecular flexibility index (Phi) is 4.26. The Bertz CT molecular complexity index is 1350. The molecule has 0 bridgehead atoms. The van der Waals surface area contributed by atoms with Crippen LogP contribution in [-0.2, 0) is 0 Å². The van der Waals surface area contributed by atoms with Crippen LogP contribution in [0, 0.1) is 0 Å². The van der Waals surface area contributed by atoms with E-state index in [4.69, 9.17) is 0 Å². The van der Waals surface area contributed by atoms with Crippen LogP contribution in [0.15, 0.2) is 108 Å². The van der Waals surface area contributed by atoms with E-state index in [1.54, 1.807) is 0 Å². The van der Waals surface area contributed by atoms with Crippen LogP contribution in [0.4, 0.5) is 0 Å². The summed E-state index contributed by atoms with van der Waals surface area (Å²) in [6, 6.07) is 34.8. The summed E-state index contributed by atoms with van der Waals surface area (Å²) in [6.07, 6.45) is 0. The molecule has 0 spiro atoms. The molecule has 0 atom stereocenters. The van der Waals surface area contributed by atoms with Gasteiger partial charge in [-0.1, -0.05) is 91.0 Å². The van der Waals surface area contributed by atoms with Crippen molar-refractivity contribution >= 4 is 10.9 Å². The molecule has 0 unspecified atom stereocenters. The molecule has 0 saturated heterocycles. The molecule has 3 heteroatoms. The molecule has 4 aromatic carbocycles. The van der Waals surface area contributed by atoms with Crippen LogP contribution in [0.25, 0.3) is 44.4 Å². The zero-order chi connectivity index (χ0) is 19.6. The van der Waals surface area contributed by atoms with E-state index in [0.29, 0.717) is 5.69 Å². The van der Waals surface area contributed by atoms with Crippen molar-refractivity contribution < 1.29 is 0 Å². The van der Waals surface area contributed by atoms with Crippen molar-refractivity contribution in [3.05, 3.63) is 114 Å². The maximum Gasteiger partial charge on any atom is 0.345 e. The van der Waals surface area contributed by atoms with Crippen molar-refractivity contribution in [1.82, 2.24) is 9.97 Å². The van der Waals surface area contributed by atoms with Gasteiger partial charge in [-0.15, -0.1) is 0 Å². The van der Waals surface area contributed by atoms with Gasteiger partial charge in [0.05, 0.1) is 11.2 Å². The highest BCUT2D eigenvalue weighted by Gasteiger charge is 2.08. The molecule has 138 valence electrons. The van der Waals surface area contributed by atoms with Crippen molar-refractivity contribution in [1.29, 1.82) is 0 Å². The monoisotopic (exact) mass is 374 g/mol. The normalized spacial score (nSPS) is 10.9. The second-order valence-corrected chi connectivity index (χ2v) is 6.96. The highest BCUT2D eigenvalue weighted by Crippen LogP contribution is 2.29. The second kappa shape index (κ2) is 7.21. The summed E-state index contributed by atoms with van der Waals surface area (Å²) in [5.74, 6) is 0. The molecule has 5 aromatic rings. The molecule has 29 heavy (non-hydrogen) atoms. The van der Waals surface area contributed by atoms with E-state index >= 15 is 0 Å². The van der Waals surface area contributed by atoms with Gasteiger partial charge >= 0.3 is 5.69 Å². The van der Waals surface area contributed by atoms with Crippen molar-refractivity contribution in [2.75, 3.05) is 0 Å². The molecule has 3 nitrogen and oxygen atoms in total. The summed E-state index contributed by atoms with van der Waals surface area (Å²) in [6.45, 7) is 0. The van der Waals surface area contributed by atoms with Crippen molar-refractivity contribution in [3.8, 4) is 33.5 Å². The molecule has 0 amide bonds. The fraction of sp³-hybridized carbons (Fsp3) is 0. The van der Waals surface area contributed by atoms with Gasteiger partial charge in [0.1, 0.15) is 0 Å². The summed E-state index contributed by atoms with van der Waals surface area (Å²) in [7, 11) is 0. The summed E-state index contributed by atoms with van der Waals surface area (Å²) in [5, 5.41) is 0.936. The Labute approximate surface area is 168 Å². The largest absolute Gasteiger partial charge is 0.345 e. The van der Waals surface area contributed by atoms with Crippen LogP contribution in [0.5, 0.6) is 0 Å². The Balaban J connectivity index is 1.55. The van der Waals surface area contributed by atoms with Gasteiger partial charge in [0.25, 0.3) is 0 Å². The van der Waals surface area contributed by atoms with E-state index in [1.165, 1.54) is 11.1 Å². The van der Waals surface area contributed by atoms with E-state index in [-0.39, 0.29) is 5.69 Å². The van der Waals surface area contributed by atoms with E-state index in [1.807, 2.05) is 42.5 Å². The summed E-state index contributed by atoms with van der Waals surface area (Å²) >= 11 is 0. The average molecular weight is 374 g/mol. The fourth-order valence-electron chi connectivity index (χ4n) is 3.65. The van der Waals surface area contributed by atoms with Crippen LogP contribution in [0.2, 0.25) is 0 Å². The van der Waals surface area contributed by atoms with Crippen LogP contribution in [0.3, 0.4) is 0 Å². The van der Waals surface area contributed by atoms with Crippen LogP contribution < -0.4 is 5.69 Å². The molecular weight excluding hydrogens is 356 g/mol. The molecule has 0 aliphatic rings. The minimum atomic E-state index is -0.335. The number of para-hydroxylation sites is 1. The van der Waals surface area contributed by atoms with Crippen molar-refractivity contribution in [3.63, 3.8) is 0 Å². The number of hydrogen-bond donors (Lipinski definition) is 1. The molecule has 5 rings (SSSR count). The third-order valence-electron chi connectivity index (χ3n) is 5.10. The lowest BCUT2D eigenvalue weighted by atomic mass is 9.97. The van der Waals surface area contributed by atoms with Gasteiger partial charge in [0.15, 0.2) is 0 Å². The number of benzene rings is 4. The highest BCUT2D eigenvalue weighted by atomic mass is 16.1. The van der Waals surface area contributed by atoms with Crippen molar-refractivity contribution in [2.24, 2.45) is 0 Å². The van der Waals surface area contributed by atoms with Gasteiger partial charge in [-0.3, -0.25) is 0 Å². The van der Waals surface area contributed by atoms with E-state index in [2.05, 4.69) is 70.6 Å². The number of H-pyrrole nitrogens is 1. The van der Waals surface area contributed by atoms with Crippen LogP contribution in [0.1, 0.15) is 0 Å². The minimum absolute atomic E-state index is 0.335. The third kappa shape index (κ3) is 3.34. The predicted molar refractivity (Wildman–Crippen MR) is 119 cm³/mol. The molecule has 0 fully saturated rings. The number of hydrogen-bond acceptors (Lipinski definition) is 2. The van der Waals surface area contributed by atoms with Gasteiger partial charge < -0.3 is 4.98 Å². The lowest BCUT2D eigenvalue weighted by Crippen LogP contribution is -2.11. The van der Waals surface area contributed by atoms with Crippen LogP contribution in [-0.4, -0.2) is 9.97 Å². The molecule has 0 saturated carbocycles. The maximum atomic E-state index is 12.0. The molecule has 1 heterocycles. The van der Waals surface area contributed by atoms with Gasteiger partial charge in [-0.2, -0.15) is 4.98 Å². The summed E-state index contributed by atoms with van der Waals surface area (Å²) < 4.78 is 0. The molecule has 1 aromatic heterocycles. The van der Waals surface area contributed by atoms with E-state index in [9.17, 15) is 4.79 Å². The summed E-state index contributed by atoms with van der Waals surface area (Å²) in [4.78, 5) is 19.0. The lowest BCUT2D eigenvalue weighted by molar-refractivity contribution is 1.12. The zero-order valence-corrected chi connectivity index (χ0v) is 15.7. The maximum absolute atomic E-state index is 12.0. The Morgan fingerprint density at radius 2 is 1.14 bits per heavy atom. The zero-order valence-electron chi connectivity index (χ0n) is 15.7. The molecular formula is C26H18N2O. The standard InChI is InChI=1S/C26H18N2O/c29-26-27-24-12-5-4-11-23(24)25(28-26)20-15-13-19(14-16-20)22-10-6-9-21(17-22)18-7-2-1-3-8-18/h1-17H,(H,27,28,29). The number of nitrogens with zero attached hydrogens (tertiary/aromatic N) is 1. The SMILES string of the molecule is O=c1nc(-c2ccc(-c3cccc(-c4ccccc4)c3)cc2)c2ccccc2[nH]1. The average Bonchev–Trinajstić information content (AvgIpc) is 2.79. The molecule has 1 N–H and O–H groups in total. The Morgan fingerprint density at radius 1 is 0.552 bits per heavy atom. The molecule has 0 aliphatic carbocycles. The third-order valence-corrected chi connectivity index (χ3v) is 5.10. The first-order valence-corrected chi connectivity index (χ1v) is 9.53. The number of nitrogens with one attached hydrogen (secondary N) is 1. The van der Waals surface area contributed by atoms with Gasteiger partial charge in [-0.25, -0.2) is 4.79 Å². The smallest absolute Gasteiger partial charge is 0.305 e. The first-order chi connectivity index (χ1) is 14.3. The first-order valence-electron chi connectivity index (χ1n) is 9.53. The van der Waals surface area contributed by atoms with E-state index < -0.39 is 0 Å². The number of aromatic amines is 1. The summed E-state index contributed by atoms with van der Waals surface area (Å²) in [5.41, 5.74) is 6.76. The quantitative estimate of drug-likeness (QED) is 0.426. The molecule has 0 aliphatic heterocycles. The lowest BCUT2D eigenvalue weighted by Gasteiger charge is -2.08. The number of fused-ring (bicyclic) bond motifs is 1. The van der Waals surface area contributed by atoms with Gasteiger partial charge in [0.2, 0.25) is 0 Å². The number of rotatable bonds is 3.